The summed E-state index contributed by atoms with van der Waals surface area (Å²) in [4.78, 5) is 12.5. The van der Waals surface area contributed by atoms with Gasteiger partial charge in [0, 0.05) is 6.07 Å². The van der Waals surface area contributed by atoms with Crippen molar-refractivity contribution in [2.45, 2.75) is 6.04 Å². The molecule has 1 aromatic heterocycles. The predicted octanol–water partition coefficient (Wildman–Crippen LogP) is 2.84. The minimum absolute atomic E-state index is 0.273. The minimum atomic E-state index is -0.284. The Balaban J connectivity index is 1.92. The van der Waals surface area contributed by atoms with Crippen LogP contribution in [0.3, 0.4) is 0 Å². The van der Waals surface area contributed by atoms with Gasteiger partial charge < -0.3 is 10.5 Å². The van der Waals surface area contributed by atoms with Gasteiger partial charge in [0.2, 0.25) is 0 Å². The fraction of sp³-hybridized carbons (Fsp3) is 0.0526. The molecule has 23 heavy (non-hydrogen) atoms. The number of benzene rings is 2. The molecule has 0 aliphatic carbocycles. The quantitative estimate of drug-likeness (QED) is 0.595. The van der Waals surface area contributed by atoms with Gasteiger partial charge in [0.1, 0.15) is 5.56 Å². The maximum atomic E-state index is 12.5. The van der Waals surface area contributed by atoms with E-state index in [4.69, 9.17) is 0 Å². The topological polar surface area (TPSA) is 56.0 Å². The number of hydrogen-bond acceptors (Lipinski definition) is 2. The van der Waals surface area contributed by atoms with Crippen LogP contribution in [-0.4, -0.2) is 5.91 Å². The number of nitrogens with one attached hydrogen (secondary N) is 1. The zero-order valence-electron chi connectivity index (χ0n) is 12.4. The fourth-order valence-electron chi connectivity index (χ4n) is 2.45. The van der Waals surface area contributed by atoms with Crippen molar-refractivity contribution in [3.05, 3.63) is 107 Å². The van der Waals surface area contributed by atoms with Gasteiger partial charge in [-0.15, -0.1) is 0 Å². The van der Waals surface area contributed by atoms with Gasteiger partial charge in [-0.3, -0.25) is 4.79 Å². The first-order valence-corrected chi connectivity index (χ1v) is 7.33. The highest BCUT2D eigenvalue weighted by Crippen LogP contribution is 2.22. The minimum Gasteiger partial charge on any atom is -0.619 e. The molecule has 1 amide bonds. The third kappa shape index (κ3) is 3.55. The van der Waals surface area contributed by atoms with E-state index in [2.05, 4.69) is 5.32 Å². The molecule has 0 fully saturated rings. The summed E-state index contributed by atoms with van der Waals surface area (Å²) in [6.07, 6.45) is 2.62. The third-order valence-electron chi connectivity index (χ3n) is 3.58. The lowest BCUT2D eigenvalue weighted by atomic mass is 9.98. The molecule has 4 heteroatoms. The van der Waals surface area contributed by atoms with Crippen LogP contribution in [-0.2, 0) is 0 Å². The van der Waals surface area contributed by atoms with Crippen molar-refractivity contribution in [1.82, 2.24) is 5.32 Å². The molecule has 0 aliphatic rings. The van der Waals surface area contributed by atoms with Crippen LogP contribution >= 0.6 is 0 Å². The first-order valence-electron chi connectivity index (χ1n) is 7.33. The molecule has 1 heterocycles. The summed E-state index contributed by atoms with van der Waals surface area (Å²) in [7, 11) is 0. The summed E-state index contributed by atoms with van der Waals surface area (Å²) in [5.74, 6) is -0.284. The second kappa shape index (κ2) is 6.75. The van der Waals surface area contributed by atoms with Crippen molar-refractivity contribution in [3.63, 3.8) is 0 Å². The number of carbonyl (C=O) groups excluding carboxylic acids is 1. The normalized spacial score (nSPS) is 10.5. The van der Waals surface area contributed by atoms with Gasteiger partial charge in [-0.25, -0.2) is 0 Å². The fourth-order valence-corrected chi connectivity index (χ4v) is 2.45. The molecule has 0 atom stereocenters. The molecular formula is C19H16N2O2. The van der Waals surface area contributed by atoms with Gasteiger partial charge in [-0.2, -0.15) is 4.73 Å². The Morgan fingerprint density at radius 3 is 1.96 bits per heavy atom. The van der Waals surface area contributed by atoms with Crippen LogP contribution in [0.2, 0.25) is 0 Å². The van der Waals surface area contributed by atoms with E-state index in [1.807, 2.05) is 60.7 Å². The van der Waals surface area contributed by atoms with Crippen LogP contribution in [0.5, 0.6) is 0 Å². The molecule has 3 aromatic rings. The van der Waals surface area contributed by atoms with E-state index in [9.17, 15) is 10.0 Å². The van der Waals surface area contributed by atoms with Gasteiger partial charge in [0.05, 0.1) is 6.04 Å². The lowest BCUT2D eigenvalue weighted by Gasteiger charge is -2.19. The van der Waals surface area contributed by atoms with E-state index in [0.29, 0.717) is 10.3 Å². The zero-order valence-corrected chi connectivity index (χ0v) is 12.4. The van der Waals surface area contributed by atoms with Crippen LogP contribution < -0.4 is 10.0 Å². The number of pyridine rings is 1. The van der Waals surface area contributed by atoms with Gasteiger partial charge in [-0.05, 0) is 17.2 Å². The van der Waals surface area contributed by atoms with Crippen LogP contribution in [0, 0.1) is 5.21 Å². The molecule has 0 unspecified atom stereocenters. The highest BCUT2D eigenvalue weighted by atomic mass is 16.5. The van der Waals surface area contributed by atoms with Crippen molar-refractivity contribution in [2.75, 3.05) is 0 Å². The SMILES string of the molecule is O=C(NC(c1ccccc1)c1ccccc1)c1ccc[n+]([O-])c1. The largest absolute Gasteiger partial charge is 0.619 e. The number of hydrogen-bond donors (Lipinski definition) is 1. The monoisotopic (exact) mass is 304 g/mol. The Morgan fingerprint density at radius 2 is 1.43 bits per heavy atom. The number of nitrogens with zero attached hydrogens (tertiary/aromatic N) is 1. The van der Waals surface area contributed by atoms with Gasteiger partial charge in [0.25, 0.3) is 5.91 Å². The highest BCUT2D eigenvalue weighted by Gasteiger charge is 2.18. The number of rotatable bonds is 4. The second-order valence-electron chi connectivity index (χ2n) is 5.18. The molecule has 0 saturated heterocycles. The molecule has 0 saturated carbocycles. The first-order chi connectivity index (χ1) is 11.2. The maximum absolute atomic E-state index is 12.5. The molecule has 0 aliphatic heterocycles. The van der Waals surface area contributed by atoms with Crippen molar-refractivity contribution in [2.24, 2.45) is 0 Å². The van der Waals surface area contributed by atoms with E-state index >= 15 is 0 Å². The number of carbonyl (C=O) groups is 1. The van der Waals surface area contributed by atoms with Crippen LogP contribution in [0.1, 0.15) is 27.5 Å². The standard InChI is InChI=1S/C19H16N2O2/c22-19(17-12-7-13-21(23)14-17)20-18(15-8-3-1-4-9-15)16-10-5-2-6-11-16/h1-14,18H,(H,20,22). The molecule has 3 rings (SSSR count). The Morgan fingerprint density at radius 1 is 0.870 bits per heavy atom. The summed E-state index contributed by atoms with van der Waals surface area (Å²) in [6, 6.07) is 22.4. The summed E-state index contributed by atoms with van der Waals surface area (Å²) in [5.41, 5.74) is 2.30. The van der Waals surface area contributed by atoms with Gasteiger partial charge in [-0.1, -0.05) is 60.7 Å². The molecule has 4 nitrogen and oxygen atoms in total. The molecule has 0 spiro atoms. The molecule has 2 aromatic carbocycles. The maximum Gasteiger partial charge on any atom is 0.258 e. The average Bonchev–Trinajstić information content (AvgIpc) is 2.61. The number of aromatic nitrogens is 1. The smallest absolute Gasteiger partial charge is 0.258 e. The third-order valence-corrected chi connectivity index (χ3v) is 3.58. The van der Waals surface area contributed by atoms with Crippen LogP contribution in [0.25, 0.3) is 0 Å². The van der Waals surface area contributed by atoms with Crippen LogP contribution in [0.4, 0.5) is 0 Å². The highest BCUT2D eigenvalue weighted by molar-refractivity contribution is 5.94. The van der Waals surface area contributed by atoms with Crippen molar-refractivity contribution in [1.29, 1.82) is 0 Å². The van der Waals surface area contributed by atoms with Crippen LogP contribution in [0.15, 0.2) is 85.2 Å². The Bertz CT molecular complexity index is 749. The average molecular weight is 304 g/mol. The van der Waals surface area contributed by atoms with Crippen molar-refractivity contribution >= 4 is 5.91 Å². The first kappa shape index (κ1) is 14.8. The van der Waals surface area contributed by atoms with Gasteiger partial charge in [0.15, 0.2) is 12.4 Å². The molecule has 114 valence electrons. The Hall–Kier alpha value is -3.14. The van der Waals surface area contributed by atoms with Gasteiger partial charge >= 0.3 is 0 Å². The summed E-state index contributed by atoms with van der Waals surface area (Å²) >= 11 is 0. The molecular weight excluding hydrogens is 288 g/mol. The summed E-state index contributed by atoms with van der Waals surface area (Å²) in [5, 5.41) is 14.4. The summed E-state index contributed by atoms with van der Waals surface area (Å²) in [6.45, 7) is 0. The lowest BCUT2D eigenvalue weighted by molar-refractivity contribution is -0.605. The Kier molecular flexibility index (Phi) is 4.34. The predicted molar refractivity (Wildman–Crippen MR) is 87.6 cm³/mol. The second-order valence-corrected chi connectivity index (χ2v) is 5.18. The van der Waals surface area contributed by atoms with Crippen molar-refractivity contribution < 1.29 is 9.52 Å². The summed E-state index contributed by atoms with van der Waals surface area (Å²) < 4.78 is 0.620. The molecule has 1 N–H and O–H groups in total. The van der Waals surface area contributed by atoms with E-state index in [0.717, 1.165) is 11.1 Å². The molecule has 0 bridgehead atoms. The van der Waals surface area contributed by atoms with Crippen molar-refractivity contribution in [3.8, 4) is 0 Å². The van der Waals surface area contributed by atoms with E-state index < -0.39 is 0 Å². The van der Waals surface area contributed by atoms with E-state index in [1.54, 1.807) is 12.1 Å². The van der Waals surface area contributed by atoms with E-state index in [1.165, 1.54) is 12.4 Å². The number of amides is 1. The van der Waals surface area contributed by atoms with E-state index in [-0.39, 0.29) is 11.9 Å². The molecule has 0 radical (unpaired) electrons. The zero-order chi connectivity index (χ0) is 16.1. The lowest BCUT2D eigenvalue weighted by Crippen LogP contribution is -2.32. The Labute approximate surface area is 134 Å².